The molecule has 0 aliphatic heterocycles. The van der Waals surface area contributed by atoms with Crippen molar-refractivity contribution in [2.75, 3.05) is 13.7 Å². The zero-order chi connectivity index (χ0) is 12.0. The molecule has 0 aromatic carbocycles. The first-order chi connectivity index (χ1) is 7.72. The number of hydrazine groups is 1. The highest BCUT2D eigenvalue weighted by atomic mass is 16.5. The van der Waals surface area contributed by atoms with Gasteiger partial charge in [-0.2, -0.15) is 5.10 Å². The summed E-state index contributed by atoms with van der Waals surface area (Å²) in [5, 5.41) is 4.42. The number of nitrogens with one attached hydrogen (secondary N) is 1. The van der Waals surface area contributed by atoms with Gasteiger partial charge in [-0.15, -0.1) is 0 Å². The number of methoxy groups -OCH3 is 1. The molecule has 1 atom stereocenters. The molecule has 3 N–H and O–H groups in total. The maximum absolute atomic E-state index is 5.59. The van der Waals surface area contributed by atoms with Crippen LogP contribution in [0.5, 0.6) is 0 Å². The number of aromatic nitrogens is 2. The van der Waals surface area contributed by atoms with Crippen molar-refractivity contribution in [2.45, 2.75) is 39.3 Å². The Labute approximate surface area is 96.9 Å². The summed E-state index contributed by atoms with van der Waals surface area (Å²) in [4.78, 5) is 0. The molecule has 5 heteroatoms. The predicted molar refractivity (Wildman–Crippen MR) is 63.8 cm³/mol. The Morgan fingerprint density at radius 2 is 2.38 bits per heavy atom. The maximum Gasteiger partial charge on any atom is 0.0630 e. The molecule has 0 fully saturated rings. The van der Waals surface area contributed by atoms with Crippen molar-refractivity contribution >= 4 is 0 Å². The molecule has 1 unspecified atom stereocenters. The van der Waals surface area contributed by atoms with Gasteiger partial charge in [0, 0.05) is 20.3 Å². The molecule has 1 heterocycles. The van der Waals surface area contributed by atoms with Crippen LogP contribution in [0.3, 0.4) is 0 Å². The Morgan fingerprint density at radius 3 is 2.94 bits per heavy atom. The fraction of sp³-hybridized carbons (Fsp3) is 0.727. The van der Waals surface area contributed by atoms with Crippen LogP contribution in [-0.4, -0.2) is 23.5 Å². The molecule has 1 aromatic heterocycles. The predicted octanol–water partition coefficient (Wildman–Crippen LogP) is 1.14. The number of aryl methyl sites for hydroxylation is 2. The lowest BCUT2D eigenvalue weighted by Gasteiger charge is -2.16. The van der Waals surface area contributed by atoms with E-state index in [9.17, 15) is 0 Å². The van der Waals surface area contributed by atoms with Gasteiger partial charge in [-0.25, -0.2) is 0 Å². The fourth-order valence-corrected chi connectivity index (χ4v) is 1.85. The van der Waals surface area contributed by atoms with Crippen molar-refractivity contribution in [1.29, 1.82) is 0 Å². The normalized spacial score (nSPS) is 13.0. The first-order valence-corrected chi connectivity index (χ1v) is 5.72. The van der Waals surface area contributed by atoms with Crippen molar-refractivity contribution in [3.63, 3.8) is 0 Å². The number of nitrogens with zero attached hydrogens (tertiary/aromatic N) is 2. The van der Waals surface area contributed by atoms with Gasteiger partial charge in [-0.05, 0) is 32.8 Å². The zero-order valence-electron chi connectivity index (χ0n) is 10.4. The molecule has 0 aliphatic carbocycles. The van der Waals surface area contributed by atoms with Gasteiger partial charge >= 0.3 is 0 Å². The van der Waals surface area contributed by atoms with E-state index in [-0.39, 0.29) is 6.04 Å². The highest BCUT2D eigenvalue weighted by Gasteiger charge is 2.15. The standard InChI is InChI=1S/C11H22N4O/c1-4-15-11(8-9(2)14-15)10(13-12)6-5-7-16-3/h8,10,13H,4-7,12H2,1-3H3. The number of ether oxygens (including phenoxy) is 1. The number of hydrogen-bond donors (Lipinski definition) is 2. The van der Waals surface area contributed by atoms with E-state index in [1.165, 1.54) is 0 Å². The van der Waals surface area contributed by atoms with Crippen molar-refractivity contribution < 1.29 is 4.74 Å². The third-order valence-electron chi connectivity index (χ3n) is 2.63. The Hall–Kier alpha value is -0.910. The SMILES string of the molecule is CCn1nc(C)cc1C(CCCOC)NN. The van der Waals surface area contributed by atoms with Crippen molar-refractivity contribution in [3.8, 4) is 0 Å². The molecule has 0 radical (unpaired) electrons. The average Bonchev–Trinajstić information content (AvgIpc) is 2.66. The topological polar surface area (TPSA) is 65.1 Å². The molecule has 1 rings (SSSR count). The van der Waals surface area contributed by atoms with Crippen LogP contribution in [0.1, 0.15) is 37.2 Å². The van der Waals surface area contributed by atoms with Crippen LogP contribution >= 0.6 is 0 Å². The summed E-state index contributed by atoms with van der Waals surface area (Å²) < 4.78 is 7.04. The number of nitrogens with two attached hydrogens (primary N) is 1. The maximum atomic E-state index is 5.59. The third-order valence-corrected chi connectivity index (χ3v) is 2.63. The van der Waals surface area contributed by atoms with Crippen LogP contribution in [0, 0.1) is 6.92 Å². The summed E-state index contributed by atoms with van der Waals surface area (Å²) in [6.07, 6.45) is 1.94. The van der Waals surface area contributed by atoms with Gasteiger partial charge in [0.25, 0.3) is 0 Å². The molecule has 16 heavy (non-hydrogen) atoms. The van der Waals surface area contributed by atoms with Crippen molar-refractivity contribution in [3.05, 3.63) is 17.5 Å². The minimum absolute atomic E-state index is 0.149. The summed E-state index contributed by atoms with van der Waals surface area (Å²) in [5.74, 6) is 5.59. The third kappa shape index (κ3) is 3.30. The van der Waals surface area contributed by atoms with Crippen LogP contribution < -0.4 is 11.3 Å². The number of rotatable bonds is 7. The smallest absolute Gasteiger partial charge is 0.0630 e. The molecule has 0 amide bonds. The molecule has 0 bridgehead atoms. The molecule has 0 aliphatic rings. The molecule has 92 valence electrons. The Balaban J connectivity index is 2.69. The summed E-state index contributed by atoms with van der Waals surface area (Å²) in [7, 11) is 1.71. The first-order valence-electron chi connectivity index (χ1n) is 5.72. The van der Waals surface area contributed by atoms with E-state index in [0.717, 1.165) is 37.4 Å². The second-order valence-electron chi connectivity index (χ2n) is 3.88. The lowest BCUT2D eigenvalue weighted by atomic mass is 10.1. The van der Waals surface area contributed by atoms with Gasteiger partial charge in [-0.3, -0.25) is 16.0 Å². The van der Waals surface area contributed by atoms with Gasteiger partial charge in [0.1, 0.15) is 0 Å². The second-order valence-corrected chi connectivity index (χ2v) is 3.88. The molecule has 0 spiro atoms. The van der Waals surface area contributed by atoms with Gasteiger partial charge < -0.3 is 4.74 Å². The quantitative estimate of drug-likeness (QED) is 0.416. The van der Waals surface area contributed by atoms with E-state index in [1.54, 1.807) is 7.11 Å². The Kier molecular flexibility index (Phi) is 5.45. The Bertz CT molecular complexity index is 311. The van der Waals surface area contributed by atoms with Gasteiger partial charge in [0.05, 0.1) is 17.4 Å². The monoisotopic (exact) mass is 226 g/mol. The highest BCUT2D eigenvalue weighted by molar-refractivity contribution is 5.13. The minimum atomic E-state index is 0.149. The van der Waals surface area contributed by atoms with E-state index in [0.29, 0.717) is 0 Å². The van der Waals surface area contributed by atoms with Crippen molar-refractivity contribution in [1.82, 2.24) is 15.2 Å². The van der Waals surface area contributed by atoms with E-state index in [4.69, 9.17) is 10.6 Å². The summed E-state index contributed by atoms with van der Waals surface area (Å²) >= 11 is 0. The second kappa shape index (κ2) is 6.62. The van der Waals surface area contributed by atoms with Crippen LogP contribution in [-0.2, 0) is 11.3 Å². The molecule has 5 nitrogen and oxygen atoms in total. The Morgan fingerprint density at radius 1 is 1.62 bits per heavy atom. The molecular formula is C11H22N4O. The lowest BCUT2D eigenvalue weighted by molar-refractivity contribution is 0.188. The average molecular weight is 226 g/mol. The zero-order valence-corrected chi connectivity index (χ0v) is 10.4. The van der Waals surface area contributed by atoms with E-state index < -0.39 is 0 Å². The summed E-state index contributed by atoms with van der Waals surface area (Å²) in [6, 6.07) is 2.23. The van der Waals surface area contributed by atoms with Crippen LogP contribution in [0.2, 0.25) is 0 Å². The van der Waals surface area contributed by atoms with Crippen LogP contribution in [0.25, 0.3) is 0 Å². The molecule has 0 saturated heterocycles. The van der Waals surface area contributed by atoms with E-state index in [1.807, 2.05) is 11.6 Å². The van der Waals surface area contributed by atoms with Gasteiger partial charge in [0.2, 0.25) is 0 Å². The molecule has 0 saturated carbocycles. The van der Waals surface area contributed by atoms with Crippen LogP contribution in [0.15, 0.2) is 6.07 Å². The first kappa shape index (κ1) is 13.2. The number of hydrogen-bond acceptors (Lipinski definition) is 4. The van der Waals surface area contributed by atoms with E-state index >= 15 is 0 Å². The van der Waals surface area contributed by atoms with Gasteiger partial charge in [0.15, 0.2) is 0 Å². The summed E-state index contributed by atoms with van der Waals surface area (Å²) in [6.45, 7) is 5.71. The summed E-state index contributed by atoms with van der Waals surface area (Å²) in [5.41, 5.74) is 5.03. The molecule has 1 aromatic rings. The van der Waals surface area contributed by atoms with Crippen LogP contribution in [0.4, 0.5) is 0 Å². The highest BCUT2D eigenvalue weighted by Crippen LogP contribution is 2.18. The minimum Gasteiger partial charge on any atom is -0.385 e. The molecular weight excluding hydrogens is 204 g/mol. The van der Waals surface area contributed by atoms with Gasteiger partial charge in [-0.1, -0.05) is 0 Å². The van der Waals surface area contributed by atoms with E-state index in [2.05, 4.69) is 23.5 Å². The fourth-order valence-electron chi connectivity index (χ4n) is 1.85. The largest absolute Gasteiger partial charge is 0.385 e. The van der Waals surface area contributed by atoms with Crippen molar-refractivity contribution in [2.24, 2.45) is 5.84 Å². The lowest BCUT2D eigenvalue weighted by Crippen LogP contribution is -2.30.